The minimum atomic E-state index is -4.12. The van der Waals surface area contributed by atoms with E-state index in [9.17, 15) is 18.0 Å². The molecule has 2 rings (SSSR count). The molecule has 0 saturated heterocycles. The second-order valence-electron chi connectivity index (χ2n) is 5.68. The molecule has 9 heteroatoms. The Morgan fingerprint density at radius 3 is 2.00 bits per heavy atom. The van der Waals surface area contributed by atoms with Gasteiger partial charge in [0.25, 0.3) is 10.0 Å². The molecule has 0 saturated carbocycles. The summed E-state index contributed by atoms with van der Waals surface area (Å²) in [6.07, 6.45) is 0. The fourth-order valence-corrected chi connectivity index (χ4v) is 5.32. The summed E-state index contributed by atoms with van der Waals surface area (Å²) in [6.45, 7) is 5.16. The van der Waals surface area contributed by atoms with Crippen LogP contribution in [0, 0.1) is 20.8 Å². The quantitative estimate of drug-likeness (QED) is 0.779. The lowest BCUT2D eigenvalue weighted by atomic mass is 10.1. The number of sulfonamides is 1. The number of carbonyl (C=O) groups is 2. The molecule has 1 N–H and O–H groups in total. The van der Waals surface area contributed by atoms with Gasteiger partial charge in [-0.1, -0.05) is 6.07 Å². The SMILES string of the molecule is COC(=O)c1sc(S(=O)(=O)Nc2cc(C)cc(C)c2)c(C(=O)OC)c1C. The molecule has 0 bridgehead atoms. The van der Waals surface area contributed by atoms with Gasteiger partial charge in [0.05, 0.1) is 19.8 Å². The maximum atomic E-state index is 12.9. The zero-order valence-electron chi connectivity index (χ0n) is 15.0. The number of ether oxygens (including phenoxy) is 2. The maximum Gasteiger partial charge on any atom is 0.348 e. The van der Waals surface area contributed by atoms with Crippen LogP contribution in [-0.2, 0) is 19.5 Å². The van der Waals surface area contributed by atoms with Crippen molar-refractivity contribution in [1.82, 2.24) is 0 Å². The lowest BCUT2D eigenvalue weighted by Crippen LogP contribution is -2.16. The summed E-state index contributed by atoms with van der Waals surface area (Å²) >= 11 is 0.671. The van der Waals surface area contributed by atoms with Crippen molar-refractivity contribution in [2.45, 2.75) is 25.0 Å². The number of carbonyl (C=O) groups excluding carboxylic acids is 2. The van der Waals surface area contributed by atoms with E-state index in [4.69, 9.17) is 4.74 Å². The van der Waals surface area contributed by atoms with Crippen molar-refractivity contribution in [2.75, 3.05) is 18.9 Å². The highest BCUT2D eigenvalue weighted by Gasteiger charge is 2.32. The number of esters is 2. The summed E-state index contributed by atoms with van der Waals surface area (Å²) in [6, 6.07) is 5.25. The van der Waals surface area contributed by atoms with E-state index in [1.54, 1.807) is 12.1 Å². The van der Waals surface area contributed by atoms with Crippen LogP contribution in [0.1, 0.15) is 36.7 Å². The Morgan fingerprint density at radius 2 is 1.50 bits per heavy atom. The molecule has 0 amide bonds. The van der Waals surface area contributed by atoms with Crippen molar-refractivity contribution in [3.05, 3.63) is 45.3 Å². The van der Waals surface area contributed by atoms with Crippen LogP contribution in [-0.4, -0.2) is 34.6 Å². The highest BCUT2D eigenvalue weighted by Crippen LogP contribution is 2.34. The Bertz CT molecular complexity index is 955. The minimum Gasteiger partial charge on any atom is -0.465 e. The van der Waals surface area contributed by atoms with Crippen LogP contribution in [0.5, 0.6) is 0 Å². The first-order valence-corrected chi connectivity index (χ1v) is 9.81. The third kappa shape index (κ3) is 3.88. The molecule has 0 aliphatic rings. The first-order valence-electron chi connectivity index (χ1n) is 7.51. The minimum absolute atomic E-state index is 0.0358. The summed E-state index contributed by atoms with van der Waals surface area (Å²) in [5.41, 5.74) is 2.16. The molecule has 140 valence electrons. The molecule has 0 aliphatic carbocycles. The normalized spacial score (nSPS) is 11.1. The van der Waals surface area contributed by atoms with Crippen LogP contribution in [0.2, 0.25) is 0 Å². The van der Waals surface area contributed by atoms with Gasteiger partial charge in [0.2, 0.25) is 0 Å². The van der Waals surface area contributed by atoms with E-state index < -0.39 is 22.0 Å². The maximum absolute atomic E-state index is 12.9. The van der Waals surface area contributed by atoms with Gasteiger partial charge in [-0.15, -0.1) is 11.3 Å². The second-order valence-corrected chi connectivity index (χ2v) is 8.58. The number of thiophene rings is 1. The summed E-state index contributed by atoms with van der Waals surface area (Å²) in [5, 5.41) is 0. The predicted octanol–water partition coefficient (Wildman–Crippen LogP) is 3.05. The molecule has 7 nitrogen and oxygen atoms in total. The van der Waals surface area contributed by atoms with Crippen LogP contribution in [0.25, 0.3) is 0 Å². The summed E-state index contributed by atoms with van der Waals surface area (Å²) in [5.74, 6) is -1.56. The summed E-state index contributed by atoms with van der Waals surface area (Å²) in [7, 11) is -1.79. The Labute approximate surface area is 156 Å². The van der Waals surface area contributed by atoms with Gasteiger partial charge in [-0.25, -0.2) is 18.0 Å². The van der Waals surface area contributed by atoms with Crippen molar-refractivity contribution in [3.63, 3.8) is 0 Å². The van der Waals surface area contributed by atoms with Gasteiger partial charge in [0.15, 0.2) is 4.21 Å². The number of hydrogen-bond acceptors (Lipinski definition) is 7. The van der Waals surface area contributed by atoms with Gasteiger partial charge in [-0.3, -0.25) is 4.72 Å². The molecule has 1 heterocycles. The number of benzene rings is 1. The molecule has 26 heavy (non-hydrogen) atoms. The average Bonchev–Trinajstić information content (AvgIpc) is 2.90. The standard InChI is InChI=1S/C17H19NO6S2/c1-9-6-10(2)8-12(7-9)18-26(21,22)17-13(15(19)23-4)11(3)14(25-17)16(20)24-5/h6-8,18H,1-5H3. The lowest BCUT2D eigenvalue weighted by Gasteiger charge is -2.10. The van der Waals surface area contributed by atoms with Crippen molar-refractivity contribution in [2.24, 2.45) is 0 Å². The van der Waals surface area contributed by atoms with E-state index in [0.717, 1.165) is 18.2 Å². The molecule has 0 spiro atoms. The van der Waals surface area contributed by atoms with Crippen molar-refractivity contribution >= 4 is 39.0 Å². The van der Waals surface area contributed by atoms with Crippen molar-refractivity contribution < 1.29 is 27.5 Å². The Kier molecular flexibility index (Phi) is 5.72. The van der Waals surface area contributed by atoms with E-state index in [1.807, 2.05) is 19.9 Å². The third-order valence-corrected chi connectivity index (χ3v) is 6.76. The van der Waals surface area contributed by atoms with Crippen molar-refractivity contribution in [1.29, 1.82) is 0 Å². The summed E-state index contributed by atoms with van der Waals surface area (Å²) in [4.78, 5) is 24.1. The Morgan fingerprint density at radius 1 is 0.962 bits per heavy atom. The molecule has 0 radical (unpaired) electrons. The summed E-state index contributed by atoms with van der Waals surface area (Å²) < 4.78 is 37.3. The largest absolute Gasteiger partial charge is 0.465 e. The van der Waals surface area contributed by atoms with Crippen LogP contribution < -0.4 is 4.72 Å². The van der Waals surface area contributed by atoms with Gasteiger partial charge in [-0.05, 0) is 49.6 Å². The van der Waals surface area contributed by atoms with Gasteiger partial charge < -0.3 is 9.47 Å². The highest BCUT2D eigenvalue weighted by molar-refractivity contribution is 7.94. The fraction of sp³-hybridized carbons (Fsp3) is 0.294. The van der Waals surface area contributed by atoms with Gasteiger partial charge in [0.1, 0.15) is 4.88 Å². The number of rotatable bonds is 5. The number of hydrogen-bond donors (Lipinski definition) is 1. The molecule has 0 atom stereocenters. The Hall–Kier alpha value is -2.39. The molecule has 0 aliphatic heterocycles. The zero-order chi connectivity index (χ0) is 19.6. The van der Waals surface area contributed by atoms with Crippen molar-refractivity contribution in [3.8, 4) is 0 Å². The van der Waals surface area contributed by atoms with Gasteiger partial charge in [-0.2, -0.15) is 0 Å². The topological polar surface area (TPSA) is 98.8 Å². The van der Waals surface area contributed by atoms with Crippen LogP contribution in [0.4, 0.5) is 5.69 Å². The van der Waals surface area contributed by atoms with E-state index >= 15 is 0 Å². The number of nitrogens with one attached hydrogen (secondary N) is 1. The molecule has 0 unspecified atom stereocenters. The smallest absolute Gasteiger partial charge is 0.348 e. The lowest BCUT2D eigenvalue weighted by molar-refractivity contribution is 0.0596. The van der Waals surface area contributed by atoms with Gasteiger partial charge in [0, 0.05) is 5.69 Å². The monoisotopic (exact) mass is 397 g/mol. The fourth-order valence-electron chi connectivity index (χ4n) is 2.54. The van der Waals surface area contributed by atoms with Crippen LogP contribution in [0.3, 0.4) is 0 Å². The van der Waals surface area contributed by atoms with E-state index in [1.165, 1.54) is 14.0 Å². The molecular formula is C17H19NO6S2. The van der Waals surface area contributed by atoms with E-state index in [2.05, 4.69) is 9.46 Å². The number of aryl methyl sites for hydroxylation is 2. The van der Waals surface area contributed by atoms with E-state index in [0.29, 0.717) is 17.0 Å². The average molecular weight is 397 g/mol. The van der Waals surface area contributed by atoms with Gasteiger partial charge >= 0.3 is 11.9 Å². The molecule has 1 aromatic carbocycles. The van der Waals surface area contributed by atoms with E-state index in [-0.39, 0.29) is 20.2 Å². The first-order chi connectivity index (χ1) is 12.1. The third-order valence-electron chi connectivity index (χ3n) is 3.59. The molecule has 1 aromatic heterocycles. The predicted molar refractivity (Wildman–Crippen MR) is 98.5 cm³/mol. The zero-order valence-corrected chi connectivity index (χ0v) is 16.6. The Balaban J connectivity index is 2.60. The first kappa shape index (κ1) is 19.9. The molecular weight excluding hydrogens is 378 g/mol. The highest BCUT2D eigenvalue weighted by atomic mass is 32.2. The second kappa shape index (κ2) is 7.46. The molecule has 0 fully saturated rings. The van der Waals surface area contributed by atoms with Crippen LogP contribution >= 0.6 is 11.3 Å². The number of methoxy groups -OCH3 is 2. The number of anilines is 1. The molecule has 2 aromatic rings. The van der Waals surface area contributed by atoms with Crippen LogP contribution in [0.15, 0.2) is 22.4 Å².